The van der Waals surface area contributed by atoms with Crippen LogP contribution in [0.4, 0.5) is 17.1 Å². The minimum Gasteiger partial charge on any atom is -0.405 e. The van der Waals surface area contributed by atoms with E-state index < -0.39 is 0 Å². The summed E-state index contributed by atoms with van der Waals surface area (Å²) in [5, 5.41) is 0. The summed E-state index contributed by atoms with van der Waals surface area (Å²) in [4.78, 5) is 2.36. The molecule has 0 N–H and O–H groups in total. The smallest absolute Gasteiger partial charge is 0.405 e. The first kappa shape index (κ1) is 21.7. The number of fused-ring (bicyclic) bond motifs is 2. The fraction of sp³-hybridized carbons (Fsp3) is 0.333. The molecule has 0 fully saturated rings. The van der Waals surface area contributed by atoms with Crippen LogP contribution in [-0.2, 0) is 14.7 Å². The number of benzene rings is 3. The summed E-state index contributed by atoms with van der Waals surface area (Å²) in [5.74, 6) is 0. The van der Waals surface area contributed by atoms with E-state index in [9.17, 15) is 0 Å². The third-order valence-corrected chi connectivity index (χ3v) is 5.85. The Morgan fingerprint density at radius 1 is 0.677 bits per heavy atom. The van der Waals surface area contributed by atoms with E-state index in [1.165, 1.54) is 22.5 Å². The van der Waals surface area contributed by atoms with Gasteiger partial charge in [-0.05, 0) is 68.6 Å². The summed E-state index contributed by atoms with van der Waals surface area (Å²) < 4.78 is 12.1. The molecule has 160 valence electrons. The second-order valence-electron chi connectivity index (χ2n) is 9.29. The Morgan fingerprint density at radius 2 is 1.13 bits per heavy atom. The van der Waals surface area contributed by atoms with Crippen molar-refractivity contribution >= 4 is 29.6 Å². The van der Waals surface area contributed by atoms with Crippen molar-refractivity contribution in [2.75, 3.05) is 4.90 Å². The fourth-order valence-corrected chi connectivity index (χ4v) is 4.41. The van der Waals surface area contributed by atoms with E-state index in [4.69, 9.17) is 9.31 Å². The van der Waals surface area contributed by atoms with Gasteiger partial charge in [-0.3, -0.25) is 0 Å². The molecule has 0 saturated carbocycles. The van der Waals surface area contributed by atoms with Crippen LogP contribution < -0.4 is 10.4 Å². The van der Waals surface area contributed by atoms with Gasteiger partial charge in [-0.15, -0.1) is 0 Å². The van der Waals surface area contributed by atoms with Gasteiger partial charge in [-0.1, -0.05) is 62.4 Å². The van der Waals surface area contributed by atoms with E-state index in [2.05, 4.69) is 91.5 Å². The third-order valence-electron chi connectivity index (χ3n) is 5.85. The maximum Gasteiger partial charge on any atom is 0.494 e. The number of hydrogen-bond donors (Lipinski definition) is 0. The second kappa shape index (κ2) is 8.53. The Hall–Kier alpha value is -2.56. The van der Waals surface area contributed by atoms with Gasteiger partial charge in [0.1, 0.15) is 0 Å². The lowest BCUT2D eigenvalue weighted by Crippen LogP contribution is -2.40. The van der Waals surface area contributed by atoms with Gasteiger partial charge in [0.2, 0.25) is 0 Å². The number of hydrogen-bond acceptors (Lipinski definition) is 3. The molecule has 1 heterocycles. The predicted octanol–water partition coefficient (Wildman–Crippen LogP) is 6.34. The van der Waals surface area contributed by atoms with E-state index >= 15 is 0 Å². The van der Waals surface area contributed by atoms with Gasteiger partial charge >= 0.3 is 7.12 Å². The zero-order chi connectivity index (χ0) is 22.2. The topological polar surface area (TPSA) is 21.7 Å². The molecule has 3 aromatic carbocycles. The molecule has 0 radical (unpaired) electrons. The van der Waals surface area contributed by atoms with E-state index in [0.29, 0.717) is 0 Å². The highest BCUT2D eigenvalue weighted by molar-refractivity contribution is 6.61. The van der Waals surface area contributed by atoms with Crippen LogP contribution in [0, 0.1) is 0 Å². The lowest BCUT2D eigenvalue weighted by atomic mass is 9.73. The molecule has 0 atom stereocenters. The normalized spacial score (nSPS) is 14.5. The summed E-state index contributed by atoms with van der Waals surface area (Å²) in [6, 6.07) is 26.0. The number of nitrogens with zero attached hydrogens (tertiary/aromatic N) is 1. The monoisotopic (exact) mass is 413 g/mol. The molecule has 1 aliphatic rings. The summed E-state index contributed by atoms with van der Waals surface area (Å²) in [6.07, 6.45) is 0.179. The molecular weight excluding hydrogens is 381 g/mol. The SMILES string of the molecule is CC(C)OB(OC(C)C)c1ccc(N2c3ccccc3C(C)(C)c3ccccc32)cc1. The molecule has 4 rings (SSSR count). The standard InChI is InChI=1S/C27H32BNO2/c1-19(2)30-28(31-20(3)4)21-15-17-22(18-16-21)29-25-13-9-7-11-23(25)27(5,6)24-12-8-10-14-26(24)29/h7-20H,1-6H3. The van der Waals surface area contributed by atoms with Crippen LogP contribution in [0.25, 0.3) is 0 Å². The van der Waals surface area contributed by atoms with Gasteiger partial charge in [0, 0.05) is 23.3 Å². The lowest BCUT2D eigenvalue weighted by molar-refractivity contribution is 0.139. The molecule has 0 unspecified atom stereocenters. The molecule has 0 spiro atoms. The minimum absolute atomic E-state index is 0.0507. The number of rotatable bonds is 6. The molecular formula is C27H32BNO2. The molecule has 0 amide bonds. The average molecular weight is 413 g/mol. The van der Waals surface area contributed by atoms with Crippen molar-refractivity contribution in [2.24, 2.45) is 0 Å². The van der Waals surface area contributed by atoms with Crippen molar-refractivity contribution in [3.63, 3.8) is 0 Å². The third kappa shape index (κ3) is 4.15. The summed E-state index contributed by atoms with van der Waals surface area (Å²) in [5.41, 5.74) is 7.24. The first-order chi connectivity index (χ1) is 14.8. The number of anilines is 3. The van der Waals surface area contributed by atoms with Crippen molar-refractivity contribution in [3.8, 4) is 0 Å². The van der Waals surface area contributed by atoms with Crippen LogP contribution >= 0.6 is 0 Å². The molecule has 0 aromatic heterocycles. The lowest BCUT2D eigenvalue weighted by Gasteiger charge is -2.42. The quantitative estimate of drug-likeness (QED) is 0.440. The van der Waals surface area contributed by atoms with Crippen molar-refractivity contribution in [1.82, 2.24) is 0 Å². The van der Waals surface area contributed by atoms with Crippen molar-refractivity contribution in [2.45, 2.75) is 59.2 Å². The molecule has 1 aliphatic heterocycles. The Balaban J connectivity index is 1.77. The maximum absolute atomic E-state index is 6.04. The highest BCUT2D eigenvalue weighted by Gasteiger charge is 2.36. The highest BCUT2D eigenvalue weighted by Crippen LogP contribution is 2.51. The largest absolute Gasteiger partial charge is 0.494 e. The van der Waals surface area contributed by atoms with Crippen LogP contribution in [0.2, 0.25) is 0 Å². The van der Waals surface area contributed by atoms with Crippen LogP contribution in [0.3, 0.4) is 0 Å². The molecule has 0 aliphatic carbocycles. The Bertz CT molecular complexity index is 984. The first-order valence-electron chi connectivity index (χ1n) is 11.2. The van der Waals surface area contributed by atoms with Gasteiger partial charge in [0.15, 0.2) is 0 Å². The van der Waals surface area contributed by atoms with Gasteiger partial charge in [0.05, 0.1) is 11.4 Å². The minimum atomic E-state index is -0.367. The van der Waals surface area contributed by atoms with Gasteiger partial charge in [0.25, 0.3) is 0 Å². The van der Waals surface area contributed by atoms with Crippen molar-refractivity contribution < 1.29 is 9.31 Å². The van der Waals surface area contributed by atoms with Crippen molar-refractivity contribution in [1.29, 1.82) is 0 Å². The first-order valence-corrected chi connectivity index (χ1v) is 11.2. The van der Waals surface area contributed by atoms with E-state index in [0.717, 1.165) is 11.2 Å². The van der Waals surface area contributed by atoms with E-state index in [-0.39, 0.29) is 24.7 Å². The van der Waals surface area contributed by atoms with Crippen LogP contribution in [0.5, 0.6) is 0 Å². The molecule has 4 heteroatoms. The number of para-hydroxylation sites is 2. The Kier molecular flexibility index (Phi) is 5.96. The summed E-state index contributed by atoms with van der Waals surface area (Å²) >= 11 is 0. The molecule has 31 heavy (non-hydrogen) atoms. The molecule has 0 saturated heterocycles. The second-order valence-corrected chi connectivity index (χ2v) is 9.29. The van der Waals surface area contributed by atoms with Gasteiger partial charge in [-0.25, -0.2) is 0 Å². The van der Waals surface area contributed by atoms with Gasteiger partial charge < -0.3 is 14.2 Å². The average Bonchev–Trinajstić information content (AvgIpc) is 2.73. The maximum atomic E-state index is 6.04. The van der Waals surface area contributed by atoms with Crippen molar-refractivity contribution in [3.05, 3.63) is 83.9 Å². The van der Waals surface area contributed by atoms with Gasteiger partial charge in [-0.2, -0.15) is 0 Å². The zero-order valence-corrected chi connectivity index (χ0v) is 19.4. The van der Waals surface area contributed by atoms with Crippen LogP contribution in [0.15, 0.2) is 72.8 Å². The fourth-order valence-electron chi connectivity index (χ4n) is 4.41. The van der Waals surface area contributed by atoms with Crippen LogP contribution in [0.1, 0.15) is 52.7 Å². The summed E-state index contributed by atoms with van der Waals surface area (Å²) in [7, 11) is -0.367. The summed E-state index contributed by atoms with van der Waals surface area (Å²) in [6.45, 7) is 12.8. The van der Waals surface area contributed by atoms with Crippen LogP contribution in [-0.4, -0.2) is 19.3 Å². The Labute approximate surface area is 187 Å². The Morgan fingerprint density at radius 3 is 1.58 bits per heavy atom. The predicted molar refractivity (Wildman–Crippen MR) is 131 cm³/mol. The zero-order valence-electron chi connectivity index (χ0n) is 19.4. The highest BCUT2D eigenvalue weighted by atomic mass is 16.6. The molecule has 3 aromatic rings. The molecule has 3 nitrogen and oxygen atoms in total. The van der Waals surface area contributed by atoms with E-state index in [1.807, 2.05) is 27.7 Å². The van der Waals surface area contributed by atoms with E-state index in [1.54, 1.807) is 0 Å². The molecule has 0 bridgehead atoms.